The van der Waals surface area contributed by atoms with Gasteiger partial charge in [0.25, 0.3) is 5.91 Å². The maximum absolute atomic E-state index is 14.1. The number of hydrogen-bond donors (Lipinski definition) is 1. The second kappa shape index (κ2) is 7.78. The lowest BCUT2D eigenvalue weighted by atomic mass is 10.1. The van der Waals surface area contributed by atoms with Crippen molar-refractivity contribution in [2.24, 2.45) is 0 Å². The van der Waals surface area contributed by atoms with Crippen molar-refractivity contribution in [3.8, 4) is 5.75 Å². The number of hydrogen-bond acceptors (Lipinski definition) is 4. The maximum Gasteiger partial charge on any atom is 0.258 e. The first-order chi connectivity index (χ1) is 12.5. The van der Waals surface area contributed by atoms with E-state index in [-0.39, 0.29) is 11.5 Å². The fourth-order valence-electron chi connectivity index (χ4n) is 2.72. The molecule has 0 aromatic heterocycles. The Morgan fingerprint density at radius 2 is 1.96 bits per heavy atom. The molecule has 2 aromatic rings. The summed E-state index contributed by atoms with van der Waals surface area (Å²) in [4.78, 5) is 26.8. The summed E-state index contributed by atoms with van der Waals surface area (Å²) in [5, 5.41) is 2.80. The minimum absolute atomic E-state index is 0.00486. The minimum Gasteiger partial charge on any atom is -0.497 e. The molecule has 1 unspecified atom stereocenters. The van der Waals surface area contributed by atoms with Crippen LogP contribution < -0.4 is 10.1 Å². The second-order valence-electron chi connectivity index (χ2n) is 5.99. The number of carbonyl (C=O) groups is 2. The van der Waals surface area contributed by atoms with Gasteiger partial charge in [-0.2, -0.15) is 0 Å². The Kier molecular flexibility index (Phi) is 5.46. The molecule has 1 atom stereocenters. The zero-order valence-corrected chi connectivity index (χ0v) is 15.3. The highest BCUT2D eigenvalue weighted by Crippen LogP contribution is 2.26. The van der Waals surface area contributed by atoms with Gasteiger partial charge < -0.3 is 15.0 Å². The van der Waals surface area contributed by atoms with Crippen molar-refractivity contribution >= 4 is 29.3 Å². The summed E-state index contributed by atoms with van der Waals surface area (Å²) in [5.74, 6) is 0.180. The first-order valence-electron chi connectivity index (χ1n) is 8.09. The fraction of sp³-hybridized carbons (Fsp3) is 0.263. The molecule has 0 aliphatic carbocycles. The van der Waals surface area contributed by atoms with Gasteiger partial charge in [-0.1, -0.05) is 11.6 Å². The third-order valence-corrected chi connectivity index (χ3v) is 5.17. The van der Waals surface area contributed by atoms with Crippen molar-refractivity contribution in [3.05, 3.63) is 59.4 Å². The number of carbonyl (C=O) groups excluding carboxylic acids is 2. The lowest BCUT2D eigenvalue weighted by Crippen LogP contribution is -2.44. The van der Waals surface area contributed by atoms with Gasteiger partial charge in [-0.15, -0.1) is 11.8 Å². The van der Waals surface area contributed by atoms with Gasteiger partial charge >= 0.3 is 0 Å². The van der Waals surface area contributed by atoms with Crippen molar-refractivity contribution in [1.82, 2.24) is 4.90 Å². The Morgan fingerprint density at radius 3 is 2.65 bits per heavy atom. The van der Waals surface area contributed by atoms with Crippen LogP contribution in [-0.2, 0) is 4.79 Å². The zero-order chi connectivity index (χ0) is 18.7. The standard InChI is InChI=1S/C19H19FN2O3S/c1-12-3-8-16(20)15(9-12)19(24)22-11-26-10-17(22)18(23)21-13-4-6-14(25-2)7-5-13/h3-9,17H,10-11H2,1-2H3,(H,21,23). The van der Waals surface area contributed by atoms with Gasteiger partial charge in [0.1, 0.15) is 17.6 Å². The Hall–Kier alpha value is -2.54. The number of methoxy groups -OCH3 is 1. The molecule has 26 heavy (non-hydrogen) atoms. The molecule has 0 saturated carbocycles. The number of aryl methyl sites for hydroxylation is 1. The van der Waals surface area contributed by atoms with Crippen molar-refractivity contribution in [1.29, 1.82) is 0 Å². The van der Waals surface area contributed by atoms with E-state index in [1.807, 2.05) is 0 Å². The van der Waals surface area contributed by atoms with Crippen LogP contribution in [0.2, 0.25) is 0 Å². The van der Waals surface area contributed by atoms with Crippen molar-refractivity contribution in [2.45, 2.75) is 13.0 Å². The number of rotatable bonds is 4. The quantitative estimate of drug-likeness (QED) is 0.892. The van der Waals surface area contributed by atoms with E-state index in [0.717, 1.165) is 5.56 Å². The summed E-state index contributed by atoms with van der Waals surface area (Å²) >= 11 is 1.47. The number of halogens is 1. The van der Waals surface area contributed by atoms with Crippen molar-refractivity contribution in [2.75, 3.05) is 24.1 Å². The van der Waals surface area contributed by atoms with Crippen LogP contribution in [0.5, 0.6) is 5.75 Å². The molecule has 7 heteroatoms. The number of benzene rings is 2. The van der Waals surface area contributed by atoms with Crippen LogP contribution >= 0.6 is 11.8 Å². The monoisotopic (exact) mass is 374 g/mol. The van der Waals surface area contributed by atoms with E-state index < -0.39 is 17.8 Å². The average molecular weight is 374 g/mol. The van der Waals surface area contributed by atoms with Crippen LogP contribution in [0, 0.1) is 12.7 Å². The molecular formula is C19H19FN2O3S. The van der Waals surface area contributed by atoms with Gasteiger partial charge in [-0.05, 0) is 43.3 Å². The highest BCUT2D eigenvalue weighted by molar-refractivity contribution is 7.99. The summed E-state index contributed by atoms with van der Waals surface area (Å²) < 4.78 is 19.1. The molecule has 2 aromatic carbocycles. The molecule has 2 amide bonds. The lowest BCUT2D eigenvalue weighted by molar-refractivity contribution is -0.119. The normalized spacial score (nSPS) is 16.4. The summed E-state index contributed by atoms with van der Waals surface area (Å²) in [7, 11) is 1.57. The highest BCUT2D eigenvalue weighted by atomic mass is 32.2. The van der Waals surface area contributed by atoms with Gasteiger partial charge in [0.15, 0.2) is 0 Å². The largest absolute Gasteiger partial charge is 0.497 e. The minimum atomic E-state index is -0.644. The molecule has 1 heterocycles. The van der Waals surface area contributed by atoms with Gasteiger partial charge in [0, 0.05) is 11.4 Å². The van der Waals surface area contributed by atoms with Crippen molar-refractivity contribution in [3.63, 3.8) is 0 Å². The summed E-state index contributed by atoms with van der Waals surface area (Å²) in [6.07, 6.45) is 0. The van der Waals surface area contributed by atoms with Crippen LogP contribution in [0.3, 0.4) is 0 Å². The molecule has 136 valence electrons. The van der Waals surface area contributed by atoms with Gasteiger partial charge in [-0.25, -0.2) is 4.39 Å². The molecular weight excluding hydrogens is 355 g/mol. The van der Waals surface area contributed by atoms with E-state index in [2.05, 4.69) is 5.32 Å². The maximum atomic E-state index is 14.1. The Balaban J connectivity index is 1.75. The molecule has 1 saturated heterocycles. The number of nitrogens with zero attached hydrogens (tertiary/aromatic N) is 1. The number of amides is 2. The first-order valence-corrected chi connectivity index (χ1v) is 9.25. The predicted molar refractivity (Wildman–Crippen MR) is 100 cm³/mol. The van der Waals surface area contributed by atoms with Crippen LogP contribution in [0.15, 0.2) is 42.5 Å². The topological polar surface area (TPSA) is 58.6 Å². The smallest absolute Gasteiger partial charge is 0.258 e. The van der Waals surface area contributed by atoms with Crippen LogP contribution in [0.4, 0.5) is 10.1 Å². The van der Waals surface area contributed by atoms with Crippen molar-refractivity contribution < 1.29 is 18.7 Å². The number of thioether (sulfide) groups is 1. The van der Waals surface area contributed by atoms with E-state index in [1.165, 1.54) is 28.8 Å². The summed E-state index contributed by atoms with van der Waals surface area (Å²) in [5.41, 5.74) is 1.40. The van der Waals surface area contributed by atoms with Crippen LogP contribution in [0.1, 0.15) is 15.9 Å². The fourth-order valence-corrected chi connectivity index (χ4v) is 3.87. The SMILES string of the molecule is COc1ccc(NC(=O)C2CSCN2C(=O)c2cc(C)ccc2F)cc1. The molecule has 1 aliphatic heterocycles. The van der Waals surface area contributed by atoms with Crippen LogP contribution in [0.25, 0.3) is 0 Å². The Labute approximate surface area is 155 Å². The first kappa shape index (κ1) is 18.3. The van der Waals surface area contributed by atoms with E-state index in [4.69, 9.17) is 4.74 Å². The van der Waals surface area contributed by atoms with Gasteiger partial charge in [0.05, 0.1) is 18.6 Å². The molecule has 1 aliphatic rings. The number of nitrogens with one attached hydrogen (secondary N) is 1. The molecule has 1 N–H and O–H groups in total. The van der Waals surface area contributed by atoms with E-state index in [0.29, 0.717) is 23.1 Å². The molecule has 5 nitrogen and oxygen atoms in total. The summed E-state index contributed by atoms with van der Waals surface area (Å²) in [6.45, 7) is 1.79. The number of ether oxygens (including phenoxy) is 1. The van der Waals surface area contributed by atoms with E-state index in [9.17, 15) is 14.0 Å². The van der Waals surface area contributed by atoms with Crippen LogP contribution in [-0.4, -0.2) is 41.5 Å². The number of anilines is 1. The predicted octanol–water partition coefficient (Wildman–Crippen LogP) is 3.30. The molecule has 0 spiro atoms. The molecule has 1 fully saturated rings. The lowest BCUT2D eigenvalue weighted by Gasteiger charge is -2.23. The zero-order valence-electron chi connectivity index (χ0n) is 14.5. The molecule has 3 rings (SSSR count). The molecule has 0 radical (unpaired) electrons. The Morgan fingerprint density at radius 1 is 1.23 bits per heavy atom. The second-order valence-corrected chi connectivity index (χ2v) is 6.99. The van der Waals surface area contributed by atoms with Gasteiger partial charge in [-0.3, -0.25) is 9.59 Å². The van der Waals surface area contributed by atoms with Gasteiger partial charge in [0.2, 0.25) is 5.91 Å². The van der Waals surface area contributed by atoms with E-state index in [1.54, 1.807) is 44.4 Å². The third-order valence-electron chi connectivity index (χ3n) is 4.16. The average Bonchev–Trinajstić information content (AvgIpc) is 3.13. The van der Waals surface area contributed by atoms with E-state index >= 15 is 0 Å². The highest BCUT2D eigenvalue weighted by Gasteiger charge is 2.36. The summed E-state index contributed by atoms with van der Waals surface area (Å²) in [6, 6.07) is 10.7. The third kappa shape index (κ3) is 3.83. The molecule has 0 bridgehead atoms. The Bertz CT molecular complexity index is 826.